The number of benzene rings is 1. The predicted octanol–water partition coefficient (Wildman–Crippen LogP) is 6.25. The minimum absolute atomic E-state index is 0. The van der Waals surface area contributed by atoms with Gasteiger partial charge in [0.05, 0.1) is 0 Å². The molecule has 0 amide bonds. The minimum atomic E-state index is -0.411. The number of carbonyl (C=O) groups is 1. The van der Waals surface area contributed by atoms with Gasteiger partial charge in [0, 0.05) is 19.5 Å². The van der Waals surface area contributed by atoms with Gasteiger partial charge in [0.25, 0.3) is 0 Å². The van der Waals surface area contributed by atoms with Crippen LogP contribution in [0.15, 0.2) is 24.3 Å². The van der Waals surface area contributed by atoms with E-state index in [1.807, 2.05) is 0 Å². The fraction of sp³-hybridized carbons (Fsp3) is 0.667. The Balaban J connectivity index is 0.00000576. The SMILES string of the molecule is CCCCCCCCCCC(CCC)OC(=O)c1ccccc1O.[Zn]. The second-order valence-electron chi connectivity index (χ2n) is 6.60. The third-order valence-electron chi connectivity index (χ3n) is 4.39. The van der Waals surface area contributed by atoms with Gasteiger partial charge in [-0.2, -0.15) is 0 Å². The average Bonchev–Trinajstić information content (AvgIpc) is 2.57. The number of phenolic OH excluding ortho intramolecular Hbond substituents is 1. The number of para-hydroxylation sites is 1. The van der Waals surface area contributed by atoms with Crippen LogP contribution < -0.4 is 0 Å². The van der Waals surface area contributed by atoms with Gasteiger partial charge in [0.2, 0.25) is 0 Å². The molecule has 0 saturated carbocycles. The molecular formula is C21H34O3Zn. The summed E-state index contributed by atoms with van der Waals surface area (Å²) in [4.78, 5) is 12.2. The van der Waals surface area contributed by atoms with Crippen LogP contribution >= 0.6 is 0 Å². The van der Waals surface area contributed by atoms with Crippen LogP contribution in [0, 0.1) is 0 Å². The maximum atomic E-state index is 12.2. The maximum absolute atomic E-state index is 12.2. The summed E-state index contributed by atoms with van der Waals surface area (Å²) >= 11 is 0. The van der Waals surface area contributed by atoms with Crippen molar-refractivity contribution in [2.24, 2.45) is 0 Å². The monoisotopic (exact) mass is 398 g/mol. The van der Waals surface area contributed by atoms with Gasteiger partial charge in [0.1, 0.15) is 17.4 Å². The third-order valence-corrected chi connectivity index (χ3v) is 4.39. The van der Waals surface area contributed by atoms with Gasteiger partial charge < -0.3 is 9.84 Å². The van der Waals surface area contributed by atoms with Crippen molar-refractivity contribution in [3.8, 4) is 5.75 Å². The maximum Gasteiger partial charge on any atom is 0.342 e. The van der Waals surface area contributed by atoms with Crippen molar-refractivity contribution >= 4 is 5.97 Å². The number of hydrogen-bond donors (Lipinski definition) is 1. The first-order chi connectivity index (χ1) is 11.7. The van der Waals surface area contributed by atoms with Gasteiger partial charge in [0.15, 0.2) is 0 Å². The summed E-state index contributed by atoms with van der Waals surface area (Å²) in [5.74, 6) is -0.420. The summed E-state index contributed by atoms with van der Waals surface area (Å²) in [6.45, 7) is 4.35. The Morgan fingerprint density at radius 1 is 0.920 bits per heavy atom. The number of ether oxygens (including phenoxy) is 1. The number of unbranched alkanes of at least 4 members (excludes halogenated alkanes) is 7. The van der Waals surface area contributed by atoms with E-state index in [0.717, 1.165) is 25.7 Å². The molecule has 0 radical (unpaired) electrons. The number of carbonyl (C=O) groups excluding carboxylic acids is 1. The summed E-state index contributed by atoms with van der Waals surface area (Å²) in [5, 5.41) is 9.76. The molecule has 0 aromatic heterocycles. The molecule has 0 fully saturated rings. The van der Waals surface area contributed by atoms with E-state index >= 15 is 0 Å². The molecule has 0 saturated heterocycles. The Morgan fingerprint density at radius 3 is 2.12 bits per heavy atom. The molecule has 4 heteroatoms. The average molecular weight is 400 g/mol. The van der Waals surface area contributed by atoms with Crippen molar-refractivity contribution in [3.63, 3.8) is 0 Å². The standard InChI is InChI=1S/C21H34O3.Zn/c1-3-5-6-7-8-9-10-11-15-18(14-4-2)24-21(23)19-16-12-13-17-20(19)22;/h12-13,16-18,22H,3-11,14-15H2,1-2H3;. The Kier molecular flexibility index (Phi) is 14.8. The van der Waals surface area contributed by atoms with Gasteiger partial charge in [-0.05, 0) is 31.4 Å². The van der Waals surface area contributed by atoms with Gasteiger partial charge in [-0.25, -0.2) is 4.79 Å². The summed E-state index contributed by atoms with van der Waals surface area (Å²) in [6, 6.07) is 6.57. The second-order valence-corrected chi connectivity index (χ2v) is 6.60. The minimum Gasteiger partial charge on any atom is -0.507 e. The number of rotatable bonds is 13. The van der Waals surface area contributed by atoms with E-state index in [0.29, 0.717) is 0 Å². The Morgan fingerprint density at radius 2 is 1.52 bits per heavy atom. The topological polar surface area (TPSA) is 46.5 Å². The molecule has 0 aliphatic rings. The largest absolute Gasteiger partial charge is 0.507 e. The van der Waals surface area contributed by atoms with Crippen molar-refractivity contribution < 1.29 is 34.1 Å². The summed E-state index contributed by atoms with van der Waals surface area (Å²) in [7, 11) is 0. The van der Waals surface area contributed by atoms with Crippen LogP contribution in [0.5, 0.6) is 5.75 Å². The first kappa shape index (κ1) is 24.1. The first-order valence-electron chi connectivity index (χ1n) is 9.68. The van der Waals surface area contributed by atoms with E-state index in [-0.39, 0.29) is 36.9 Å². The summed E-state index contributed by atoms with van der Waals surface area (Å²) < 4.78 is 5.62. The summed E-state index contributed by atoms with van der Waals surface area (Å²) in [5.41, 5.74) is 0.259. The zero-order valence-corrected chi connectivity index (χ0v) is 19.1. The molecule has 0 bridgehead atoms. The smallest absolute Gasteiger partial charge is 0.342 e. The van der Waals surface area contributed by atoms with E-state index in [1.165, 1.54) is 51.0 Å². The first-order valence-corrected chi connectivity index (χ1v) is 9.68. The molecule has 0 aliphatic carbocycles. The molecular weight excluding hydrogens is 366 g/mol. The molecule has 138 valence electrons. The summed E-state index contributed by atoms with van der Waals surface area (Å²) in [6.07, 6.45) is 13.0. The number of hydrogen-bond acceptors (Lipinski definition) is 3. The van der Waals surface area contributed by atoms with Crippen LogP contribution in [0.2, 0.25) is 0 Å². The van der Waals surface area contributed by atoms with Gasteiger partial charge in [-0.15, -0.1) is 0 Å². The molecule has 0 spiro atoms. The van der Waals surface area contributed by atoms with Crippen LogP contribution in [0.1, 0.15) is 94.8 Å². The quantitative estimate of drug-likeness (QED) is 0.242. The van der Waals surface area contributed by atoms with Crippen molar-refractivity contribution in [2.75, 3.05) is 0 Å². The molecule has 1 aromatic rings. The third kappa shape index (κ3) is 10.6. The fourth-order valence-electron chi connectivity index (χ4n) is 2.95. The normalized spacial score (nSPS) is 11.6. The van der Waals surface area contributed by atoms with Crippen LogP contribution in [0.25, 0.3) is 0 Å². The second kappa shape index (κ2) is 15.4. The van der Waals surface area contributed by atoms with E-state index in [1.54, 1.807) is 18.2 Å². The van der Waals surface area contributed by atoms with Crippen LogP contribution in [-0.4, -0.2) is 17.2 Å². The van der Waals surface area contributed by atoms with Crippen LogP contribution in [-0.2, 0) is 24.2 Å². The molecule has 25 heavy (non-hydrogen) atoms. The number of aromatic hydroxyl groups is 1. The molecule has 1 atom stereocenters. The predicted molar refractivity (Wildman–Crippen MR) is 99.4 cm³/mol. The Labute approximate surface area is 166 Å². The van der Waals surface area contributed by atoms with Gasteiger partial charge in [-0.3, -0.25) is 0 Å². The van der Waals surface area contributed by atoms with Gasteiger partial charge in [-0.1, -0.05) is 77.3 Å². The zero-order valence-electron chi connectivity index (χ0n) is 16.1. The van der Waals surface area contributed by atoms with Crippen molar-refractivity contribution in [2.45, 2.75) is 90.6 Å². The number of esters is 1. The van der Waals surface area contributed by atoms with Crippen molar-refractivity contribution in [1.29, 1.82) is 0 Å². The van der Waals surface area contributed by atoms with E-state index in [2.05, 4.69) is 13.8 Å². The molecule has 0 heterocycles. The molecule has 3 nitrogen and oxygen atoms in total. The Hall–Kier alpha value is -0.887. The van der Waals surface area contributed by atoms with Crippen molar-refractivity contribution in [3.05, 3.63) is 29.8 Å². The zero-order chi connectivity index (χ0) is 17.6. The van der Waals surface area contributed by atoms with E-state index < -0.39 is 5.97 Å². The molecule has 1 rings (SSSR count). The van der Waals surface area contributed by atoms with Crippen LogP contribution in [0.4, 0.5) is 0 Å². The van der Waals surface area contributed by atoms with Crippen molar-refractivity contribution in [1.82, 2.24) is 0 Å². The van der Waals surface area contributed by atoms with Crippen LogP contribution in [0.3, 0.4) is 0 Å². The molecule has 1 N–H and O–H groups in total. The Bertz CT molecular complexity index is 462. The van der Waals surface area contributed by atoms with Gasteiger partial charge >= 0.3 is 5.97 Å². The van der Waals surface area contributed by atoms with E-state index in [4.69, 9.17) is 4.74 Å². The molecule has 1 aromatic carbocycles. The fourth-order valence-corrected chi connectivity index (χ4v) is 2.95. The van der Waals surface area contributed by atoms with E-state index in [9.17, 15) is 9.90 Å². The number of phenols is 1. The molecule has 1 unspecified atom stereocenters. The molecule has 0 aliphatic heterocycles.